The van der Waals surface area contributed by atoms with Crippen molar-refractivity contribution in [1.82, 2.24) is 19.9 Å². The quantitative estimate of drug-likeness (QED) is 0.780. The summed E-state index contributed by atoms with van der Waals surface area (Å²) >= 11 is 6.05. The molecule has 1 saturated heterocycles. The van der Waals surface area contributed by atoms with Crippen molar-refractivity contribution in [3.8, 4) is 11.4 Å². The van der Waals surface area contributed by atoms with E-state index in [1.807, 2.05) is 28.7 Å². The molecule has 1 aliphatic heterocycles. The standard InChI is InChI=1S/C18H17ClN4O2/c19-14-4-1-3-12(9-14)17-22-21-16-10-13(6-7-23(16)17)18(24)20-11-15-5-2-8-25-15/h1,3-4,6-7,9-10,15H,2,5,8,11H2,(H,20,24)/t15-/m1/s1. The minimum atomic E-state index is -0.134. The van der Waals surface area contributed by atoms with Crippen LogP contribution in [0.25, 0.3) is 17.0 Å². The zero-order chi connectivity index (χ0) is 17.2. The van der Waals surface area contributed by atoms with Crippen LogP contribution in [0.2, 0.25) is 5.02 Å². The molecule has 0 spiro atoms. The number of nitrogens with one attached hydrogen (secondary N) is 1. The highest BCUT2D eigenvalue weighted by molar-refractivity contribution is 6.30. The predicted octanol–water partition coefficient (Wildman–Crippen LogP) is 2.96. The minimum Gasteiger partial charge on any atom is -0.376 e. The summed E-state index contributed by atoms with van der Waals surface area (Å²) in [4.78, 5) is 12.3. The molecule has 1 fully saturated rings. The Kier molecular flexibility index (Phi) is 4.38. The van der Waals surface area contributed by atoms with E-state index >= 15 is 0 Å². The van der Waals surface area contributed by atoms with Gasteiger partial charge < -0.3 is 10.1 Å². The van der Waals surface area contributed by atoms with Crippen LogP contribution in [0.15, 0.2) is 42.6 Å². The Hall–Kier alpha value is -2.44. The van der Waals surface area contributed by atoms with Crippen molar-refractivity contribution in [2.45, 2.75) is 18.9 Å². The van der Waals surface area contributed by atoms with Crippen molar-refractivity contribution in [3.63, 3.8) is 0 Å². The van der Waals surface area contributed by atoms with E-state index in [1.54, 1.807) is 18.3 Å². The lowest BCUT2D eigenvalue weighted by Crippen LogP contribution is -2.31. The molecule has 0 aliphatic carbocycles. The van der Waals surface area contributed by atoms with Gasteiger partial charge in [0.05, 0.1) is 6.10 Å². The second kappa shape index (κ2) is 6.82. The first kappa shape index (κ1) is 16.1. The summed E-state index contributed by atoms with van der Waals surface area (Å²) in [5.41, 5.74) is 2.03. The molecule has 128 valence electrons. The largest absolute Gasteiger partial charge is 0.376 e. The van der Waals surface area contributed by atoms with Crippen LogP contribution in [0, 0.1) is 0 Å². The highest BCUT2D eigenvalue weighted by Gasteiger charge is 2.17. The molecule has 1 N–H and O–H groups in total. The van der Waals surface area contributed by atoms with E-state index in [1.165, 1.54) is 0 Å². The number of benzene rings is 1. The van der Waals surface area contributed by atoms with Gasteiger partial charge in [-0.05, 0) is 37.1 Å². The number of hydrogen-bond donors (Lipinski definition) is 1. The Morgan fingerprint density at radius 2 is 2.24 bits per heavy atom. The third-order valence-electron chi connectivity index (χ3n) is 4.27. The molecular weight excluding hydrogens is 340 g/mol. The molecule has 1 amide bonds. The number of halogens is 1. The molecule has 3 heterocycles. The molecule has 2 aromatic heterocycles. The van der Waals surface area contributed by atoms with E-state index in [4.69, 9.17) is 16.3 Å². The summed E-state index contributed by atoms with van der Waals surface area (Å²) in [6.07, 6.45) is 3.97. The lowest BCUT2D eigenvalue weighted by Gasteiger charge is -2.10. The van der Waals surface area contributed by atoms with Crippen LogP contribution in [0.5, 0.6) is 0 Å². The number of ether oxygens (including phenoxy) is 1. The Labute approximate surface area is 149 Å². The van der Waals surface area contributed by atoms with Crippen LogP contribution in [-0.4, -0.2) is 39.8 Å². The first-order valence-corrected chi connectivity index (χ1v) is 8.59. The number of amides is 1. The third kappa shape index (κ3) is 3.36. The van der Waals surface area contributed by atoms with Gasteiger partial charge in [-0.15, -0.1) is 10.2 Å². The van der Waals surface area contributed by atoms with Crippen LogP contribution < -0.4 is 5.32 Å². The number of rotatable bonds is 4. The maximum Gasteiger partial charge on any atom is 0.251 e. The number of aromatic nitrogens is 3. The molecule has 6 nitrogen and oxygen atoms in total. The Bertz CT molecular complexity index is 918. The van der Waals surface area contributed by atoms with Gasteiger partial charge in [0.1, 0.15) is 0 Å². The zero-order valence-electron chi connectivity index (χ0n) is 13.5. The summed E-state index contributed by atoms with van der Waals surface area (Å²) in [7, 11) is 0. The average Bonchev–Trinajstić information content (AvgIpc) is 3.28. The highest BCUT2D eigenvalue weighted by Crippen LogP contribution is 2.22. The minimum absolute atomic E-state index is 0.121. The van der Waals surface area contributed by atoms with E-state index in [0.29, 0.717) is 28.6 Å². The lowest BCUT2D eigenvalue weighted by molar-refractivity contribution is 0.0858. The van der Waals surface area contributed by atoms with Crippen molar-refractivity contribution in [2.75, 3.05) is 13.2 Å². The van der Waals surface area contributed by atoms with Gasteiger partial charge in [0.25, 0.3) is 5.91 Å². The van der Waals surface area contributed by atoms with Gasteiger partial charge in [-0.25, -0.2) is 0 Å². The first-order valence-electron chi connectivity index (χ1n) is 8.21. The van der Waals surface area contributed by atoms with E-state index in [9.17, 15) is 4.79 Å². The number of carbonyl (C=O) groups is 1. The number of fused-ring (bicyclic) bond motifs is 1. The van der Waals surface area contributed by atoms with Gasteiger partial charge in [0.2, 0.25) is 0 Å². The van der Waals surface area contributed by atoms with E-state index in [-0.39, 0.29) is 12.0 Å². The van der Waals surface area contributed by atoms with Crippen LogP contribution in [0.1, 0.15) is 23.2 Å². The predicted molar refractivity (Wildman–Crippen MR) is 94.7 cm³/mol. The fraction of sp³-hybridized carbons (Fsp3) is 0.278. The summed E-state index contributed by atoms with van der Waals surface area (Å²) < 4.78 is 7.36. The maximum absolute atomic E-state index is 12.3. The Morgan fingerprint density at radius 3 is 3.04 bits per heavy atom. The van der Waals surface area contributed by atoms with Crippen molar-refractivity contribution in [2.24, 2.45) is 0 Å². The Balaban J connectivity index is 1.55. The molecular formula is C18H17ClN4O2. The summed E-state index contributed by atoms with van der Waals surface area (Å²) in [6, 6.07) is 10.9. The van der Waals surface area contributed by atoms with Crippen molar-refractivity contribution in [3.05, 3.63) is 53.2 Å². The molecule has 4 rings (SSSR count). The highest BCUT2D eigenvalue weighted by atomic mass is 35.5. The number of hydrogen-bond acceptors (Lipinski definition) is 4. The SMILES string of the molecule is O=C(NC[C@H]1CCCO1)c1ccn2c(-c3cccc(Cl)c3)nnc2c1. The molecule has 1 aromatic carbocycles. The summed E-state index contributed by atoms with van der Waals surface area (Å²) in [6.45, 7) is 1.31. The average molecular weight is 357 g/mol. The van der Waals surface area contributed by atoms with E-state index in [0.717, 1.165) is 25.0 Å². The fourth-order valence-corrected chi connectivity index (χ4v) is 3.16. The third-order valence-corrected chi connectivity index (χ3v) is 4.50. The molecule has 0 radical (unpaired) electrons. The second-order valence-corrected chi connectivity index (χ2v) is 6.46. The molecule has 7 heteroatoms. The molecule has 3 aromatic rings. The van der Waals surface area contributed by atoms with Crippen LogP contribution in [0.4, 0.5) is 0 Å². The van der Waals surface area contributed by atoms with Gasteiger partial charge in [0, 0.05) is 35.5 Å². The van der Waals surface area contributed by atoms with Gasteiger partial charge in [-0.1, -0.05) is 23.7 Å². The van der Waals surface area contributed by atoms with Crippen molar-refractivity contribution < 1.29 is 9.53 Å². The second-order valence-electron chi connectivity index (χ2n) is 6.02. The normalized spacial score (nSPS) is 17.1. The topological polar surface area (TPSA) is 68.5 Å². The lowest BCUT2D eigenvalue weighted by atomic mass is 10.2. The van der Waals surface area contributed by atoms with Crippen LogP contribution in [-0.2, 0) is 4.74 Å². The van der Waals surface area contributed by atoms with Gasteiger partial charge in [-0.2, -0.15) is 0 Å². The van der Waals surface area contributed by atoms with Gasteiger partial charge in [0.15, 0.2) is 11.5 Å². The van der Waals surface area contributed by atoms with Crippen LogP contribution >= 0.6 is 11.6 Å². The summed E-state index contributed by atoms with van der Waals surface area (Å²) in [5, 5.41) is 11.9. The smallest absolute Gasteiger partial charge is 0.251 e. The molecule has 0 saturated carbocycles. The number of pyridine rings is 1. The van der Waals surface area contributed by atoms with Crippen molar-refractivity contribution >= 4 is 23.2 Å². The van der Waals surface area contributed by atoms with Crippen molar-refractivity contribution in [1.29, 1.82) is 0 Å². The Morgan fingerprint density at radius 1 is 1.32 bits per heavy atom. The maximum atomic E-state index is 12.3. The van der Waals surface area contributed by atoms with E-state index in [2.05, 4.69) is 15.5 Å². The van der Waals surface area contributed by atoms with Gasteiger partial charge in [-0.3, -0.25) is 9.20 Å². The van der Waals surface area contributed by atoms with Crippen LogP contribution in [0.3, 0.4) is 0 Å². The molecule has 0 bridgehead atoms. The summed E-state index contributed by atoms with van der Waals surface area (Å²) in [5.74, 6) is 0.550. The molecule has 1 aliphatic rings. The molecule has 0 unspecified atom stereocenters. The van der Waals surface area contributed by atoms with E-state index < -0.39 is 0 Å². The monoisotopic (exact) mass is 356 g/mol. The number of nitrogens with zero attached hydrogens (tertiary/aromatic N) is 3. The molecule has 25 heavy (non-hydrogen) atoms. The fourth-order valence-electron chi connectivity index (χ4n) is 2.97. The van der Waals surface area contributed by atoms with Gasteiger partial charge >= 0.3 is 0 Å². The molecule has 1 atom stereocenters. The first-order chi connectivity index (χ1) is 12.2. The zero-order valence-corrected chi connectivity index (χ0v) is 14.2. The number of carbonyl (C=O) groups excluding carboxylic acids is 1.